The summed E-state index contributed by atoms with van der Waals surface area (Å²) in [5.41, 5.74) is 0.0550. The molecule has 0 saturated carbocycles. The van der Waals surface area contributed by atoms with Gasteiger partial charge in [0.15, 0.2) is 0 Å². The Morgan fingerprint density at radius 3 is 2.25 bits per heavy atom. The van der Waals surface area contributed by atoms with Crippen LogP contribution in [0.15, 0.2) is 0 Å². The molecule has 0 rings (SSSR count). The Morgan fingerprint density at radius 1 is 1.62 bits per heavy atom. The van der Waals surface area contributed by atoms with Crippen LogP contribution in [0.1, 0.15) is 13.8 Å². The summed E-state index contributed by atoms with van der Waals surface area (Å²) in [5.74, 6) is 0.726. The summed E-state index contributed by atoms with van der Waals surface area (Å²) >= 11 is 0.871. The van der Waals surface area contributed by atoms with Gasteiger partial charge in [0.1, 0.15) is 0 Å². The second-order valence-corrected chi connectivity index (χ2v) is 2.95. The highest BCUT2D eigenvalue weighted by Gasteiger charge is 2.12. The van der Waals surface area contributed by atoms with E-state index in [-0.39, 0.29) is 5.54 Å². The van der Waals surface area contributed by atoms with Crippen LogP contribution in [0.4, 0.5) is 0 Å². The molecule has 0 bridgehead atoms. The molecule has 0 aromatic heterocycles. The van der Waals surface area contributed by atoms with Gasteiger partial charge in [0.2, 0.25) is 0 Å². The minimum Gasteiger partial charge on any atom is -0.330 e. The Bertz CT molecular complexity index is 65.4. The van der Waals surface area contributed by atoms with Gasteiger partial charge in [0, 0.05) is 11.3 Å². The number of hydrogen-bond acceptors (Lipinski definition) is 3. The van der Waals surface area contributed by atoms with Gasteiger partial charge in [-0.05, 0) is 32.9 Å². The van der Waals surface area contributed by atoms with Crippen molar-refractivity contribution in [3.05, 3.63) is 0 Å². The third-order valence-corrected chi connectivity index (χ3v) is 1.95. The highest BCUT2D eigenvalue weighted by Crippen LogP contribution is 2.07. The molecule has 0 radical (unpaired) electrons. The van der Waals surface area contributed by atoms with Crippen LogP contribution in [-0.2, 0) is 0 Å². The van der Waals surface area contributed by atoms with Crippen LogP contribution in [0.25, 0.3) is 0 Å². The molecule has 0 atom stereocenters. The maximum Gasteiger partial charge on any atom is 0.0372 e. The summed E-state index contributed by atoms with van der Waals surface area (Å²) in [7, 11) is 1.89. The van der Waals surface area contributed by atoms with Gasteiger partial charge in [0.05, 0.1) is 0 Å². The second-order valence-electron chi connectivity index (χ2n) is 2.41. The van der Waals surface area contributed by atoms with Crippen molar-refractivity contribution in [1.82, 2.24) is 5.32 Å². The van der Waals surface area contributed by atoms with E-state index < -0.39 is 0 Å². The summed E-state index contributed by atoms with van der Waals surface area (Å²) in [6, 6.07) is 0. The third kappa shape index (κ3) is 3.29. The first-order valence-electron chi connectivity index (χ1n) is 2.57. The van der Waals surface area contributed by atoms with Crippen molar-refractivity contribution in [1.29, 1.82) is 0 Å². The molecular weight excluding hydrogens is 122 g/mol. The van der Waals surface area contributed by atoms with E-state index in [0.29, 0.717) is 0 Å². The summed E-state index contributed by atoms with van der Waals surface area (Å²) in [6.45, 7) is 4.08. The van der Waals surface area contributed by atoms with Crippen molar-refractivity contribution in [3.8, 4) is 0 Å². The minimum absolute atomic E-state index is 0.0550. The Kier molecular flexibility index (Phi) is 3.44. The van der Waals surface area contributed by atoms with Gasteiger partial charge in [-0.3, -0.25) is 0 Å². The predicted molar refractivity (Wildman–Crippen MR) is 38.2 cm³/mol. The number of nitrogens with one attached hydrogen (secondary N) is 1. The van der Waals surface area contributed by atoms with Crippen LogP contribution in [-0.4, -0.2) is 22.9 Å². The van der Waals surface area contributed by atoms with Gasteiger partial charge in [-0.25, -0.2) is 0 Å². The fourth-order valence-corrected chi connectivity index (χ4v) is 0.701. The molecular formula is C5H13NOS. The zero-order valence-corrected chi connectivity index (χ0v) is 6.38. The average molecular weight is 135 g/mol. The van der Waals surface area contributed by atoms with Crippen molar-refractivity contribution in [2.24, 2.45) is 0 Å². The van der Waals surface area contributed by atoms with Crippen LogP contribution in [0.5, 0.6) is 0 Å². The predicted octanol–water partition coefficient (Wildman–Crippen LogP) is 1.19. The van der Waals surface area contributed by atoms with Crippen LogP contribution in [0, 0.1) is 0 Å². The average Bonchev–Trinajstić information content (AvgIpc) is 1.67. The van der Waals surface area contributed by atoms with E-state index in [4.69, 9.17) is 4.55 Å². The first kappa shape index (κ1) is 8.27. The third-order valence-electron chi connectivity index (χ3n) is 1.10. The van der Waals surface area contributed by atoms with Crippen LogP contribution in [0.2, 0.25) is 0 Å². The molecule has 2 nitrogen and oxygen atoms in total. The molecule has 0 fully saturated rings. The van der Waals surface area contributed by atoms with Gasteiger partial charge in [-0.2, -0.15) is 0 Å². The van der Waals surface area contributed by atoms with Gasteiger partial charge >= 0.3 is 0 Å². The molecule has 0 aliphatic heterocycles. The van der Waals surface area contributed by atoms with E-state index in [1.54, 1.807) is 0 Å². The van der Waals surface area contributed by atoms with Crippen LogP contribution in [0.3, 0.4) is 0 Å². The molecule has 0 unspecified atom stereocenters. The summed E-state index contributed by atoms with van der Waals surface area (Å²) in [4.78, 5) is 0. The lowest BCUT2D eigenvalue weighted by molar-refractivity contribution is 0.471. The summed E-state index contributed by atoms with van der Waals surface area (Å²) in [6.07, 6.45) is 0. The lowest BCUT2D eigenvalue weighted by Crippen LogP contribution is -2.38. The zero-order valence-electron chi connectivity index (χ0n) is 5.56. The standard InChI is InChI=1S/C5H13NOS/c1-5(2,6-3)4-8-7/h6-7H,4H2,1-3H3. The molecule has 8 heavy (non-hydrogen) atoms. The number of rotatable bonds is 3. The van der Waals surface area contributed by atoms with Gasteiger partial charge in [-0.15, -0.1) is 0 Å². The Morgan fingerprint density at radius 2 is 2.12 bits per heavy atom. The van der Waals surface area contributed by atoms with Gasteiger partial charge in [0.25, 0.3) is 0 Å². The van der Waals surface area contributed by atoms with Crippen LogP contribution >= 0.6 is 12.0 Å². The monoisotopic (exact) mass is 135 g/mol. The fourth-order valence-electron chi connectivity index (χ4n) is 0.234. The Balaban J connectivity index is 3.37. The second kappa shape index (κ2) is 3.33. The molecule has 50 valence electrons. The molecule has 0 heterocycles. The molecule has 0 amide bonds. The highest BCUT2D eigenvalue weighted by molar-refractivity contribution is 7.93. The molecule has 0 aliphatic carbocycles. The fraction of sp³-hybridized carbons (Fsp3) is 1.00. The van der Waals surface area contributed by atoms with Crippen molar-refractivity contribution in [3.63, 3.8) is 0 Å². The summed E-state index contributed by atoms with van der Waals surface area (Å²) < 4.78 is 8.41. The van der Waals surface area contributed by atoms with Gasteiger partial charge < -0.3 is 9.87 Å². The Hall–Kier alpha value is 0.270. The number of hydrogen-bond donors (Lipinski definition) is 2. The summed E-state index contributed by atoms with van der Waals surface area (Å²) in [5, 5.41) is 3.06. The largest absolute Gasteiger partial charge is 0.330 e. The topological polar surface area (TPSA) is 32.3 Å². The Labute approximate surface area is 54.9 Å². The quantitative estimate of drug-likeness (QED) is 0.570. The minimum atomic E-state index is 0.0550. The molecule has 3 heteroatoms. The molecule has 0 aliphatic rings. The van der Waals surface area contributed by atoms with E-state index in [1.165, 1.54) is 0 Å². The molecule has 2 N–H and O–H groups in total. The van der Waals surface area contributed by atoms with E-state index in [1.807, 2.05) is 20.9 Å². The molecule has 0 saturated heterocycles. The first-order chi connectivity index (χ1) is 3.62. The molecule has 0 aromatic carbocycles. The smallest absolute Gasteiger partial charge is 0.0372 e. The van der Waals surface area contributed by atoms with E-state index in [0.717, 1.165) is 17.8 Å². The van der Waals surface area contributed by atoms with Crippen molar-refractivity contribution < 1.29 is 4.55 Å². The highest BCUT2D eigenvalue weighted by atomic mass is 32.2. The van der Waals surface area contributed by atoms with Crippen molar-refractivity contribution in [2.45, 2.75) is 19.4 Å². The molecule has 0 aromatic rings. The van der Waals surface area contributed by atoms with Crippen LogP contribution < -0.4 is 5.32 Å². The normalized spacial score (nSPS) is 12.0. The van der Waals surface area contributed by atoms with Crippen molar-refractivity contribution >= 4 is 12.0 Å². The zero-order chi connectivity index (χ0) is 6.62. The maximum absolute atomic E-state index is 8.41. The maximum atomic E-state index is 8.41. The lowest BCUT2D eigenvalue weighted by atomic mass is 10.1. The van der Waals surface area contributed by atoms with E-state index >= 15 is 0 Å². The van der Waals surface area contributed by atoms with Gasteiger partial charge in [-0.1, -0.05) is 0 Å². The van der Waals surface area contributed by atoms with E-state index in [2.05, 4.69) is 5.32 Å². The van der Waals surface area contributed by atoms with Crippen molar-refractivity contribution in [2.75, 3.05) is 12.8 Å². The molecule has 0 spiro atoms. The first-order valence-corrected chi connectivity index (χ1v) is 3.52. The van der Waals surface area contributed by atoms with E-state index in [9.17, 15) is 0 Å². The SMILES string of the molecule is CNC(C)(C)CSO. The lowest BCUT2D eigenvalue weighted by Gasteiger charge is -2.21.